The number of nitrogens with two attached hydrogens (primary N) is 1. The molecule has 21 heavy (non-hydrogen) atoms. The van der Waals surface area contributed by atoms with Gasteiger partial charge in [-0.25, -0.2) is 4.39 Å². The van der Waals surface area contributed by atoms with Crippen molar-refractivity contribution in [2.45, 2.75) is 44.6 Å². The molecule has 1 aromatic rings. The summed E-state index contributed by atoms with van der Waals surface area (Å²) >= 11 is 0. The van der Waals surface area contributed by atoms with Gasteiger partial charge in [-0.05, 0) is 74.9 Å². The largest absolute Gasteiger partial charge is 0.396 e. The predicted molar refractivity (Wildman–Crippen MR) is 82.9 cm³/mol. The number of halogens is 1. The summed E-state index contributed by atoms with van der Waals surface area (Å²) in [6.07, 6.45) is 4.53. The SMILES string of the molecule is Cc1cc(N)c(F)cc1C1CCN(C2CCOCC2)CC1. The monoisotopic (exact) mass is 292 g/mol. The van der Waals surface area contributed by atoms with E-state index in [2.05, 4.69) is 4.90 Å². The summed E-state index contributed by atoms with van der Waals surface area (Å²) in [6, 6.07) is 4.11. The Morgan fingerprint density at radius 1 is 1.14 bits per heavy atom. The Hall–Kier alpha value is -1.13. The zero-order valence-corrected chi connectivity index (χ0v) is 12.8. The molecule has 0 amide bonds. The number of rotatable bonds is 2. The van der Waals surface area contributed by atoms with Crippen LogP contribution in [0.5, 0.6) is 0 Å². The lowest BCUT2D eigenvalue weighted by atomic mass is 9.85. The van der Waals surface area contributed by atoms with Gasteiger partial charge in [0.1, 0.15) is 5.82 Å². The number of aryl methyl sites for hydroxylation is 1. The second kappa shape index (κ2) is 6.32. The van der Waals surface area contributed by atoms with Crippen molar-refractivity contribution in [3.8, 4) is 0 Å². The molecule has 0 aliphatic carbocycles. The molecule has 3 nitrogen and oxygen atoms in total. The van der Waals surface area contributed by atoms with Crippen molar-refractivity contribution >= 4 is 5.69 Å². The van der Waals surface area contributed by atoms with Gasteiger partial charge in [0, 0.05) is 19.3 Å². The van der Waals surface area contributed by atoms with Crippen molar-refractivity contribution in [3.05, 3.63) is 29.1 Å². The molecule has 2 aliphatic heterocycles. The maximum Gasteiger partial charge on any atom is 0.146 e. The summed E-state index contributed by atoms with van der Waals surface area (Å²) in [5.74, 6) is 0.193. The first-order valence-electron chi connectivity index (χ1n) is 8.02. The van der Waals surface area contributed by atoms with E-state index in [4.69, 9.17) is 10.5 Å². The van der Waals surface area contributed by atoms with Gasteiger partial charge in [-0.3, -0.25) is 0 Å². The third-order valence-corrected chi connectivity index (χ3v) is 5.06. The predicted octanol–water partition coefficient (Wildman–Crippen LogP) is 3.07. The van der Waals surface area contributed by atoms with Gasteiger partial charge in [-0.1, -0.05) is 0 Å². The summed E-state index contributed by atoms with van der Waals surface area (Å²) in [7, 11) is 0. The van der Waals surface area contributed by atoms with Gasteiger partial charge in [0.25, 0.3) is 0 Å². The molecule has 0 bridgehead atoms. The van der Waals surface area contributed by atoms with Crippen LogP contribution in [0.4, 0.5) is 10.1 Å². The number of hydrogen-bond donors (Lipinski definition) is 1. The molecule has 2 saturated heterocycles. The first-order valence-corrected chi connectivity index (χ1v) is 8.02. The highest BCUT2D eigenvalue weighted by atomic mass is 19.1. The van der Waals surface area contributed by atoms with E-state index in [0.717, 1.165) is 63.1 Å². The Labute approximate surface area is 126 Å². The van der Waals surface area contributed by atoms with E-state index in [-0.39, 0.29) is 11.5 Å². The fourth-order valence-electron chi connectivity index (χ4n) is 3.78. The van der Waals surface area contributed by atoms with Crippen LogP contribution in [0.25, 0.3) is 0 Å². The Morgan fingerprint density at radius 2 is 1.81 bits per heavy atom. The Kier molecular flexibility index (Phi) is 4.45. The van der Waals surface area contributed by atoms with Crippen molar-refractivity contribution < 1.29 is 9.13 Å². The second-order valence-corrected chi connectivity index (χ2v) is 6.38. The van der Waals surface area contributed by atoms with Crippen LogP contribution in [0.15, 0.2) is 12.1 Å². The van der Waals surface area contributed by atoms with E-state index >= 15 is 0 Å². The smallest absolute Gasteiger partial charge is 0.146 e. The molecular weight excluding hydrogens is 267 g/mol. The van der Waals surface area contributed by atoms with Crippen LogP contribution >= 0.6 is 0 Å². The molecule has 4 heteroatoms. The molecule has 0 saturated carbocycles. The van der Waals surface area contributed by atoms with Crippen LogP contribution in [0.2, 0.25) is 0 Å². The first-order chi connectivity index (χ1) is 10.1. The summed E-state index contributed by atoms with van der Waals surface area (Å²) < 4.78 is 19.2. The Morgan fingerprint density at radius 3 is 2.48 bits per heavy atom. The Bertz CT molecular complexity index is 492. The topological polar surface area (TPSA) is 38.5 Å². The van der Waals surface area contributed by atoms with Gasteiger partial charge >= 0.3 is 0 Å². The third-order valence-electron chi connectivity index (χ3n) is 5.06. The molecule has 2 fully saturated rings. The van der Waals surface area contributed by atoms with E-state index in [9.17, 15) is 4.39 Å². The molecule has 0 unspecified atom stereocenters. The highest BCUT2D eigenvalue weighted by molar-refractivity contribution is 5.47. The fraction of sp³-hybridized carbons (Fsp3) is 0.647. The minimum atomic E-state index is -0.276. The van der Waals surface area contributed by atoms with Crippen molar-refractivity contribution in [2.75, 3.05) is 32.0 Å². The summed E-state index contributed by atoms with van der Waals surface area (Å²) in [5, 5.41) is 0. The molecule has 2 heterocycles. The highest BCUT2D eigenvalue weighted by Crippen LogP contribution is 2.33. The van der Waals surface area contributed by atoms with E-state index in [1.165, 1.54) is 0 Å². The molecule has 3 rings (SSSR count). The lowest BCUT2D eigenvalue weighted by Gasteiger charge is -2.39. The number of benzene rings is 1. The number of ether oxygens (including phenoxy) is 1. The third kappa shape index (κ3) is 3.22. The van der Waals surface area contributed by atoms with Crippen molar-refractivity contribution in [2.24, 2.45) is 0 Å². The molecule has 116 valence electrons. The zero-order chi connectivity index (χ0) is 14.8. The van der Waals surface area contributed by atoms with Gasteiger partial charge in [0.15, 0.2) is 0 Å². The maximum absolute atomic E-state index is 13.7. The van der Waals surface area contributed by atoms with Crippen LogP contribution in [-0.4, -0.2) is 37.2 Å². The van der Waals surface area contributed by atoms with Crippen molar-refractivity contribution in [1.82, 2.24) is 4.90 Å². The number of nitrogen functional groups attached to an aromatic ring is 1. The molecule has 2 N–H and O–H groups in total. The standard InChI is InChI=1S/C17H25FN2O/c1-12-10-17(19)16(18)11-15(12)13-2-6-20(7-3-13)14-4-8-21-9-5-14/h10-11,13-14H,2-9,19H2,1H3. The van der Waals surface area contributed by atoms with E-state index in [1.807, 2.05) is 6.92 Å². The average Bonchev–Trinajstić information content (AvgIpc) is 2.52. The lowest BCUT2D eigenvalue weighted by molar-refractivity contribution is 0.0251. The normalized spacial score (nSPS) is 22.6. The lowest BCUT2D eigenvalue weighted by Crippen LogP contribution is -2.43. The highest BCUT2D eigenvalue weighted by Gasteiger charge is 2.27. The summed E-state index contributed by atoms with van der Waals surface area (Å²) in [4.78, 5) is 2.60. The number of piperidine rings is 1. The number of nitrogens with zero attached hydrogens (tertiary/aromatic N) is 1. The van der Waals surface area contributed by atoms with Crippen molar-refractivity contribution in [1.29, 1.82) is 0 Å². The number of anilines is 1. The number of likely N-dealkylation sites (tertiary alicyclic amines) is 1. The maximum atomic E-state index is 13.7. The quantitative estimate of drug-likeness (QED) is 0.851. The van der Waals surface area contributed by atoms with E-state index in [0.29, 0.717) is 12.0 Å². The molecule has 1 aromatic carbocycles. The second-order valence-electron chi connectivity index (χ2n) is 6.38. The zero-order valence-electron chi connectivity index (χ0n) is 12.8. The van der Waals surface area contributed by atoms with E-state index in [1.54, 1.807) is 12.1 Å². The van der Waals surface area contributed by atoms with Gasteiger partial charge in [0.05, 0.1) is 5.69 Å². The average molecular weight is 292 g/mol. The molecule has 0 spiro atoms. The fourth-order valence-corrected chi connectivity index (χ4v) is 3.78. The first kappa shape index (κ1) is 14.8. The van der Waals surface area contributed by atoms with Crippen LogP contribution < -0.4 is 5.73 Å². The minimum Gasteiger partial charge on any atom is -0.396 e. The van der Waals surface area contributed by atoms with Gasteiger partial charge in [-0.2, -0.15) is 0 Å². The molecule has 0 atom stereocenters. The van der Waals surface area contributed by atoms with Crippen LogP contribution in [0.3, 0.4) is 0 Å². The van der Waals surface area contributed by atoms with Crippen LogP contribution in [0.1, 0.15) is 42.7 Å². The van der Waals surface area contributed by atoms with Gasteiger partial charge in [-0.15, -0.1) is 0 Å². The van der Waals surface area contributed by atoms with Gasteiger partial charge < -0.3 is 15.4 Å². The van der Waals surface area contributed by atoms with Gasteiger partial charge in [0.2, 0.25) is 0 Å². The summed E-state index contributed by atoms with van der Waals surface area (Å²) in [5.41, 5.74) is 8.17. The molecule has 0 aromatic heterocycles. The van der Waals surface area contributed by atoms with Crippen molar-refractivity contribution in [3.63, 3.8) is 0 Å². The number of hydrogen-bond acceptors (Lipinski definition) is 3. The Balaban J connectivity index is 1.64. The summed E-state index contributed by atoms with van der Waals surface area (Å²) in [6.45, 7) is 6.05. The molecular formula is C17H25FN2O. The minimum absolute atomic E-state index is 0.260. The molecule has 0 radical (unpaired) electrons. The van der Waals surface area contributed by atoms with Crippen LogP contribution in [0, 0.1) is 12.7 Å². The van der Waals surface area contributed by atoms with Crippen LogP contribution in [-0.2, 0) is 4.74 Å². The van der Waals surface area contributed by atoms with E-state index < -0.39 is 0 Å². The molecule has 2 aliphatic rings.